The highest BCUT2D eigenvalue weighted by Crippen LogP contribution is 2.19. The van der Waals surface area contributed by atoms with Gasteiger partial charge in [-0.25, -0.2) is 4.79 Å². The van der Waals surface area contributed by atoms with Gasteiger partial charge in [-0.1, -0.05) is 42.5 Å². The summed E-state index contributed by atoms with van der Waals surface area (Å²) in [5.41, 5.74) is 1.78. The molecule has 2 rings (SSSR count). The first-order chi connectivity index (χ1) is 9.81. The van der Waals surface area contributed by atoms with Gasteiger partial charge in [-0.15, -0.1) is 6.58 Å². The maximum absolute atomic E-state index is 11.9. The predicted octanol–water partition coefficient (Wildman–Crippen LogP) is 2.66. The summed E-state index contributed by atoms with van der Waals surface area (Å²) in [6.45, 7) is 4.00. The Morgan fingerprint density at radius 1 is 1.20 bits per heavy atom. The van der Waals surface area contributed by atoms with E-state index in [9.17, 15) is 4.79 Å². The second-order valence-corrected chi connectivity index (χ2v) is 4.24. The summed E-state index contributed by atoms with van der Waals surface area (Å²) in [6, 6.07) is 14.9. The van der Waals surface area contributed by atoms with E-state index in [0.717, 1.165) is 11.3 Å². The lowest BCUT2D eigenvalue weighted by Crippen LogP contribution is -2.38. The Bertz CT molecular complexity index is 515. The summed E-state index contributed by atoms with van der Waals surface area (Å²) in [7, 11) is 0. The molecule has 1 unspecified atom stereocenters. The standard InChI is InChI=1S/C16H17N3O/c1-2-11-18-16(20)19-15(13-8-4-3-5-9-13)14-10-6-7-12-17-14/h2-10,12,15H,1,11H2,(H2,18,19,20). The average molecular weight is 267 g/mol. The second-order valence-electron chi connectivity index (χ2n) is 4.24. The molecule has 20 heavy (non-hydrogen) atoms. The van der Waals surface area contributed by atoms with Crippen LogP contribution in [-0.4, -0.2) is 17.6 Å². The van der Waals surface area contributed by atoms with Crippen LogP contribution in [0, 0.1) is 0 Å². The Morgan fingerprint density at radius 2 is 1.95 bits per heavy atom. The molecule has 2 amide bonds. The third-order valence-corrected chi connectivity index (χ3v) is 2.80. The van der Waals surface area contributed by atoms with E-state index < -0.39 is 0 Å². The van der Waals surface area contributed by atoms with Crippen molar-refractivity contribution in [2.24, 2.45) is 0 Å². The molecule has 0 aliphatic rings. The number of aromatic nitrogens is 1. The molecule has 0 aliphatic carbocycles. The number of amides is 2. The third kappa shape index (κ3) is 3.68. The van der Waals surface area contributed by atoms with E-state index in [4.69, 9.17) is 0 Å². The van der Waals surface area contributed by atoms with E-state index in [0.29, 0.717) is 6.54 Å². The van der Waals surface area contributed by atoms with Gasteiger partial charge in [-0.2, -0.15) is 0 Å². The number of nitrogens with one attached hydrogen (secondary N) is 2. The topological polar surface area (TPSA) is 54.0 Å². The zero-order valence-electron chi connectivity index (χ0n) is 11.1. The van der Waals surface area contributed by atoms with E-state index in [1.165, 1.54) is 0 Å². The fraction of sp³-hybridized carbons (Fsp3) is 0.125. The van der Waals surface area contributed by atoms with Crippen LogP contribution < -0.4 is 10.6 Å². The molecule has 1 aromatic heterocycles. The van der Waals surface area contributed by atoms with Crippen LogP contribution in [0.15, 0.2) is 67.4 Å². The molecule has 0 aliphatic heterocycles. The second kappa shape index (κ2) is 7.09. The maximum Gasteiger partial charge on any atom is 0.315 e. The van der Waals surface area contributed by atoms with Crippen LogP contribution in [0.3, 0.4) is 0 Å². The minimum absolute atomic E-state index is 0.246. The Morgan fingerprint density at radius 3 is 2.60 bits per heavy atom. The number of hydrogen-bond donors (Lipinski definition) is 2. The molecule has 102 valence electrons. The molecule has 0 spiro atoms. The molecule has 4 heteroatoms. The number of pyridine rings is 1. The van der Waals surface area contributed by atoms with Crippen molar-refractivity contribution in [1.82, 2.24) is 15.6 Å². The highest BCUT2D eigenvalue weighted by atomic mass is 16.2. The van der Waals surface area contributed by atoms with E-state index in [2.05, 4.69) is 22.2 Å². The quantitative estimate of drug-likeness (QED) is 0.818. The lowest BCUT2D eigenvalue weighted by molar-refractivity contribution is 0.239. The first kappa shape index (κ1) is 13.8. The third-order valence-electron chi connectivity index (χ3n) is 2.80. The van der Waals surface area contributed by atoms with Crippen molar-refractivity contribution in [3.05, 3.63) is 78.6 Å². The molecule has 4 nitrogen and oxygen atoms in total. The van der Waals surface area contributed by atoms with Crippen LogP contribution in [0.5, 0.6) is 0 Å². The summed E-state index contributed by atoms with van der Waals surface area (Å²) in [6.07, 6.45) is 3.35. The number of benzene rings is 1. The van der Waals surface area contributed by atoms with Gasteiger partial charge in [0.25, 0.3) is 0 Å². The Kier molecular flexibility index (Phi) is 4.89. The molecule has 0 fully saturated rings. The maximum atomic E-state index is 11.9. The number of carbonyl (C=O) groups excluding carboxylic acids is 1. The number of rotatable bonds is 5. The van der Waals surface area contributed by atoms with Crippen molar-refractivity contribution >= 4 is 6.03 Å². The number of hydrogen-bond acceptors (Lipinski definition) is 2. The lowest BCUT2D eigenvalue weighted by atomic mass is 10.0. The van der Waals surface area contributed by atoms with Crippen molar-refractivity contribution in [2.45, 2.75) is 6.04 Å². The highest BCUT2D eigenvalue weighted by molar-refractivity contribution is 5.75. The van der Waals surface area contributed by atoms with Gasteiger partial charge < -0.3 is 10.6 Å². The highest BCUT2D eigenvalue weighted by Gasteiger charge is 2.17. The van der Waals surface area contributed by atoms with Crippen molar-refractivity contribution in [3.8, 4) is 0 Å². The molecule has 1 heterocycles. The van der Waals surface area contributed by atoms with Crippen molar-refractivity contribution in [1.29, 1.82) is 0 Å². The Hall–Kier alpha value is -2.62. The zero-order valence-corrected chi connectivity index (χ0v) is 11.1. The van der Waals surface area contributed by atoms with Gasteiger partial charge >= 0.3 is 6.03 Å². The molecule has 1 atom stereocenters. The van der Waals surface area contributed by atoms with Gasteiger partial charge in [0.1, 0.15) is 0 Å². The molecule has 0 bridgehead atoms. The molecule has 2 aromatic rings. The summed E-state index contributed by atoms with van der Waals surface area (Å²) in [5.74, 6) is 0. The van der Waals surface area contributed by atoms with Gasteiger partial charge in [0.15, 0.2) is 0 Å². The van der Waals surface area contributed by atoms with E-state index in [1.54, 1.807) is 12.3 Å². The normalized spacial score (nSPS) is 11.4. The van der Waals surface area contributed by atoms with Crippen LogP contribution in [-0.2, 0) is 0 Å². The van der Waals surface area contributed by atoms with E-state index >= 15 is 0 Å². The number of carbonyl (C=O) groups is 1. The van der Waals surface area contributed by atoms with Crippen LogP contribution in [0.25, 0.3) is 0 Å². The summed E-state index contributed by atoms with van der Waals surface area (Å²) in [5, 5.41) is 5.63. The van der Waals surface area contributed by atoms with Gasteiger partial charge in [-0.05, 0) is 17.7 Å². The van der Waals surface area contributed by atoms with Crippen LogP contribution >= 0.6 is 0 Å². The number of urea groups is 1. The fourth-order valence-corrected chi connectivity index (χ4v) is 1.87. The molecule has 0 saturated heterocycles. The minimum atomic E-state index is -0.276. The molecular formula is C16H17N3O. The SMILES string of the molecule is C=CCNC(=O)NC(c1ccccc1)c1ccccn1. The molecule has 0 saturated carbocycles. The van der Waals surface area contributed by atoms with Gasteiger partial charge in [0, 0.05) is 12.7 Å². The Balaban J connectivity index is 2.21. The molecule has 1 aromatic carbocycles. The lowest BCUT2D eigenvalue weighted by Gasteiger charge is -2.19. The van der Waals surface area contributed by atoms with Crippen molar-refractivity contribution < 1.29 is 4.79 Å². The fourth-order valence-electron chi connectivity index (χ4n) is 1.87. The number of nitrogens with zero attached hydrogens (tertiary/aromatic N) is 1. The average Bonchev–Trinajstić information content (AvgIpc) is 2.52. The van der Waals surface area contributed by atoms with Crippen LogP contribution in [0.4, 0.5) is 4.79 Å². The zero-order chi connectivity index (χ0) is 14.2. The van der Waals surface area contributed by atoms with Gasteiger partial charge in [-0.3, -0.25) is 4.98 Å². The van der Waals surface area contributed by atoms with Crippen molar-refractivity contribution in [2.75, 3.05) is 6.54 Å². The van der Waals surface area contributed by atoms with Gasteiger partial charge in [0.05, 0.1) is 11.7 Å². The predicted molar refractivity (Wildman–Crippen MR) is 79.3 cm³/mol. The van der Waals surface area contributed by atoms with E-state index in [-0.39, 0.29) is 12.1 Å². The monoisotopic (exact) mass is 267 g/mol. The first-order valence-corrected chi connectivity index (χ1v) is 6.42. The largest absolute Gasteiger partial charge is 0.335 e. The Labute approximate surface area is 118 Å². The summed E-state index contributed by atoms with van der Waals surface area (Å²) >= 11 is 0. The minimum Gasteiger partial charge on any atom is -0.335 e. The molecule has 0 radical (unpaired) electrons. The van der Waals surface area contributed by atoms with Crippen LogP contribution in [0.1, 0.15) is 17.3 Å². The molecular weight excluding hydrogens is 250 g/mol. The van der Waals surface area contributed by atoms with Gasteiger partial charge in [0.2, 0.25) is 0 Å². The summed E-state index contributed by atoms with van der Waals surface area (Å²) in [4.78, 5) is 16.2. The van der Waals surface area contributed by atoms with Crippen LogP contribution in [0.2, 0.25) is 0 Å². The smallest absolute Gasteiger partial charge is 0.315 e. The van der Waals surface area contributed by atoms with Crippen molar-refractivity contribution in [3.63, 3.8) is 0 Å². The summed E-state index contributed by atoms with van der Waals surface area (Å²) < 4.78 is 0. The molecule has 2 N–H and O–H groups in total. The first-order valence-electron chi connectivity index (χ1n) is 6.42. The van der Waals surface area contributed by atoms with E-state index in [1.807, 2.05) is 48.5 Å².